The summed E-state index contributed by atoms with van der Waals surface area (Å²) in [4.78, 5) is 0. The van der Waals surface area contributed by atoms with E-state index in [1.54, 1.807) is 7.11 Å². The molecule has 0 saturated heterocycles. The van der Waals surface area contributed by atoms with Crippen LogP contribution in [0.1, 0.15) is 82.0 Å². The zero-order valence-electron chi connectivity index (χ0n) is 19.8. The normalized spacial score (nSPS) is 16.1. The molecule has 0 bridgehead atoms. The lowest BCUT2D eigenvalue weighted by Gasteiger charge is -2.29. The number of nitrogens with one attached hydrogen (secondary N) is 1. The number of hydrogen-bond acceptors (Lipinski definition) is 3. The third kappa shape index (κ3) is 14.6. The monoisotopic (exact) mass is 393 g/mol. The van der Waals surface area contributed by atoms with Gasteiger partial charge in [-0.2, -0.15) is 0 Å². The Morgan fingerprint density at radius 3 is 2.36 bits per heavy atom. The molecule has 1 aliphatic carbocycles. The van der Waals surface area contributed by atoms with E-state index in [9.17, 15) is 0 Å². The average molecular weight is 394 g/mol. The van der Waals surface area contributed by atoms with Gasteiger partial charge >= 0.3 is 0 Å². The molecule has 0 aromatic carbocycles. The van der Waals surface area contributed by atoms with Crippen molar-refractivity contribution in [2.75, 3.05) is 20.6 Å². The molecule has 0 aliphatic heterocycles. The molecule has 0 radical (unpaired) electrons. The molecule has 1 aliphatic rings. The topological polar surface area (TPSA) is 30.5 Å². The SMILES string of the molecule is C=C(C)C1=C=CC/C(C(C)(C)NCOCOC)=C\C=C/1.CC.CCCCCC.[HH]. The minimum Gasteiger partial charge on any atom is -0.359 e. The lowest BCUT2D eigenvalue weighted by atomic mass is 9.90. The molecule has 3 nitrogen and oxygen atoms in total. The van der Waals surface area contributed by atoms with Crippen molar-refractivity contribution < 1.29 is 10.9 Å². The van der Waals surface area contributed by atoms with Gasteiger partial charge < -0.3 is 9.47 Å². The Hall–Kier alpha value is -1.38. The van der Waals surface area contributed by atoms with E-state index in [1.165, 1.54) is 31.3 Å². The number of ether oxygens (including phenoxy) is 2. The van der Waals surface area contributed by atoms with E-state index < -0.39 is 0 Å². The van der Waals surface area contributed by atoms with Crippen molar-refractivity contribution in [3.63, 3.8) is 0 Å². The summed E-state index contributed by atoms with van der Waals surface area (Å²) in [6.07, 6.45) is 14.7. The van der Waals surface area contributed by atoms with Gasteiger partial charge in [-0.1, -0.05) is 72.1 Å². The van der Waals surface area contributed by atoms with Gasteiger partial charge in [0.1, 0.15) is 13.5 Å². The Labute approximate surface area is 176 Å². The number of methoxy groups -OCH3 is 1. The molecular weight excluding hydrogens is 346 g/mol. The summed E-state index contributed by atoms with van der Waals surface area (Å²) in [7, 11) is 1.61. The van der Waals surface area contributed by atoms with Crippen molar-refractivity contribution in [1.29, 1.82) is 0 Å². The molecule has 1 N–H and O–H groups in total. The van der Waals surface area contributed by atoms with Crippen LogP contribution in [0.2, 0.25) is 0 Å². The number of unbranched alkanes of at least 4 members (excludes halogenated alkanes) is 3. The van der Waals surface area contributed by atoms with Gasteiger partial charge in [-0.05, 0) is 50.5 Å². The number of hydrogen-bond donors (Lipinski definition) is 1. The maximum atomic E-state index is 5.29. The molecular formula is C25H47NO2. The third-order valence-electron chi connectivity index (χ3n) is 4.18. The van der Waals surface area contributed by atoms with Crippen LogP contribution in [0.25, 0.3) is 0 Å². The Balaban J connectivity index is -0.000000644. The van der Waals surface area contributed by atoms with Crippen molar-refractivity contribution in [3.05, 3.63) is 53.3 Å². The highest BCUT2D eigenvalue weighted by atomic mass is 16.7. The standard InChI is InChI=1S/C17H25NO2.C6H14.C2H6.H2/c1-14(2)15-8-6-10-16(11-7-9-15)17(3,4)18-12-20-13-19-5;1-3-5-6-4-2;1-2;/h6-8,10,18H,1,11-13H2,2-5H3;3-6H2,1-2H3;1-2H3;1H/b8-6-,16-10+;;;. The van der Waals surface area contributed by atoms with Gasteiger partial charge in [0.2, 0.25) is 0 Å². The molecule has 1 rings (SSSR count). The molecule has 0 spiro atoms. The second-order valence-electron chi connectivity index (χ2n) is 7.06. The third-order valence-corrected chi connectivity index (χ3v) is 4.18. The maximum Gasteiger partial charge on any atom is 0.148 e. The quantitative estimate of drug-likeness (QED) is 0.239. The zero-order valence-corrected chi connectivity index (χ0v) is 19.8. The van der Waals surface area contributed by atoms with E-state index >= 15 is 0 Å². The van der Waals surface area contributed by atoms with E-state index in [2.05, 4.69) is 63.5 Å². The smallest absolute Gasteiger partial charge is 0.148 e. The first kappa shape index (κ1) is 28.8. The molecule has 0 unspecified atom stereocenters. The van der Waals surface area contributed by atoms with E-state index in [4.69, 9.17) is 9.47 Å². The number of rotatable bonds is 10. The molecule has 0 aromatic rings. The highest BCUT2D eigenvalue weighted by Gasteiger charge is 2.21. The summed E-state index contributed by atoms with van der Waals surface area (Å²) in [5, 5.41) is 3.37. The van der Waals surface area contributed by atoms with Gasteiger partial charge in [0.25, 0.3) is 0 Å². The Kier molecular flexibility index (Phi) is 19.5. The number of allylic oxidation sites excluding steroid dienone is 5. The second-order valence-corrected chi connectivity index (χ2v) is 7.06. The lowest BCUT2D eigenvalue weighted by Crippen LogP contribution is -2.42. The van der Waals surface area contributed by atoms with Crippen LogP contribution in [-0.4, -0.2) is 26.2 Å². The molecule has 0 atom stereocenters. The Bertz CT molecular complexity index is 523. The molecule has 0 fully saturated rings. The minimum absolute atomic E-state index is 0. The minimum atomic E-state index is -0.142. The predicted molar refractivity (Wildman–Crippen MR) is 127 cm³/mol. The first-order chi connectivity index (χ1) is 13.4. The Morgan fingerprint density at radius 1 is 1.25 bits per heavy atom. The highest BCUT2D eigenvalue weighted by molar-refractivity contribution is 5.40. The van der Waals surface area contributed by atoms with Crippen molar-refractivity contribution in [1.82, 2.24) is 5.32 Å². The van der Waals surface area contributed by atoms with Gasteiger partial charge in [-0.15, -0.1) is 5.73 Å². The molecule has 0 aromatic heterocycles. The van der Waals surface area contributed by atoms with Crippen molar-refractivity contribution in [2.24, 2.45) is 0 Å². The van der Waals surface area contributed by atoms with Crippen LogP contribution >= 0.6 is 0 Å². The van der Waals surface area contributed by atoms with Crippen molar-refractivity contribution in [3.8, 4) is 0 Å². The van der Waals surface area contributed by atoms with Gasteiger partial charge in [-0.3, -0.25) is 5.32 Å². The van der Waals surface area contributed by atoms with Crippen LogP contribution < -0.4 is 5.32 Å². The Morgan fingerprint density at radius 2 is 1.86 bits per heavy atom. The largest absolute Gasteiger partial charge is 0.359 e. The van der Waals surface area contributed by atoms with Gasteiger partial charge in [0.15, 0.2) is 0 Å². The summed E-state index contributed by atoms with van der Waals surface area (Å²) in [6.45, 7) is 19.4. The van der Waals surface area contributed by atoms with Gasteiger partial charge in [-0.25, -0.2) is 0 Å². The maximum absolute atomic E-state index is 5.29. The van der Waals surface area contributed by atoms with E-state index in [-0.39, 0.29) is 6.97 Å². The van der Waals surface area contributed by atoms with Crippen LogP contribution in [0.5, 0.6) is 0 Å². The first-order valence-electron chi connectivity index (χ1n) is 10.7. The van der Waals surface area contributed by atoms with Crippen LogP contribution in [-0.2, 0) is 9.47 Å². The van der Waals surface area contributed by atoms with E-state index in [0.29, 0.717) is 13.5 Å². The second kappa shape index (κ2) is 19.0. The lowest BCUT2D eigenvalue weighted by molar-refractivity contribution is -0.0419. The molecule has 0 saturated carbocycles. The van der Waals surface area contributed by atoms with Crippen LogP contribution in [0, 0.1) is 0 Å². The van der Waals surface area contributed by atoms with Crippen LogP contribution in [0.4, 0.5) is 0 Å². The first-order valence-corrected chi connectivity index (χ1v) is 10.7. The summed E-state index contributed by atoms with van der Waals surface area (Å²) < 4.78 is 10.2. The molecule has 28 heavy (non-hydrogen) atoms. The van der Waals surface area contributed by atoms with Gasteiger partial charge in [0.05, 0.1) is 0 Å². The fourth-order valence-corrected chi connectivity index (χ4v) is 2.35. The van der Waals surface area contributed by atoms with E-state index in [0.717, 1.165) is 17.6 Å². The summed E-state index contributed by atoms with van der Waals surface area (Å²) in [5.41, 5.74) is 6.50. The van der Waals surface area contributed by atoms with Crippen LogP contribution in [0.3, 0.4) is 0 Å². The molecule has 0 heterocycles. The summed E-state index contributed by atoms with van der Waals surface area (Å²) in [6, 6.07) is 0. The predicted octanol–water partition coefficient (Wildman–Crippen LogP) is 7.34. The zero-order chi connectivity index (χ0) is 21.8. The molecule has 164 valence electrons. The summed E-state index contributed by atoms with van der Waals surface area (Å²) in [5.74, 6) is 0. The average Bonchev–Trinajstić information content (AvgIpc) is 2.65. The van der Waals surface area contributed by atoms with Crippen molar-refractivity contribution in [2.45, 2.75) is 86.1 Å². The summed E-state index contributed by atoms with van der Waals surface area (Å²) >= 11 is 0. The highest BCUT2D eigenvalue weighted by Crippen LogP contribution is 2.22. The van der Waals surface area contributed by atoms with Gasteiger partial charge in [0, 0.05) is 19.6 Å². The van der Waals surface area contributed by atoms with E-state index in [1.807, 2.05) is 26.8 Å². The van der Waals surface area contributed by atoms with Crippen LogP contribution in [0.15, 0.2) is 53.3 Å². The van der Waals surface area contributed by atoms with Crippen molar-refractivity contribution >= 4 is 0 Å². The molecule has 3 heteroatoms. The fourth-order valence-electron chi connectivity index (χ4n) is 2.35. The molecule has 0 amide bonds. The fraction of sp³-hybridized carbons (Fsp3) is 0.640.